The van der Waals surface area contributed by atoms with Crippen LogP contribution in [-0.4, -0.2) is 64.2 Å². The number of H-pyrrole nitrogens is 1. The van der Waals surface area contributed by atoms with E-state index in [9.17, 15) is 24.8 Å². The van der Waals surface area contributed by atoms with E-state index in [4.69, 9.17) is 4.99 Å². The van der Waals surface area contributed by atoms with Gasteiger partial charge in [-0.2, -0.15) is 0 Å². The van der Waals surface area contributed by atoms with Crippen LogP contribution in [0.5, 0.6) is 5.88 Å². The molecule has 42 heavy (non-hydrogen) atoms. The molecule has 1 amide bonds. The molecule has 11 nitrogen and oxygen atoms in total. The molecule has 4 aromatic rings. The number of hydrogen-bond acceptors (Lipinski definition) is 8. The molecule has 216 valence electrons. The summed E-state index contributed by atoms with van der Waals surface area (Å²) >= 11 is 0. The molecule has 2 heterocycles. The molecule has 11 heteroatoms. The van der Waals surface area contributed by atoms with E-state index < -0.39 is 16.8 Å². The van der Waals surface area contributed by atoms with Crippen LogP contribution in [0.1, 0.15) is 46.3 Å². The topological polar surface area (TPSA) is 150 Å². The Labute approximate surface area is 242 Å². The van der Waals surface area contributed by atoms with Gasteiger partial charge in [0.2, 0.25) is 0 Å². The van der Waals surface area contributed by atoms with Gasteiger partial charge in [-0.1, -0.05) is 30.7 Å². The number of aromatic hydroxyl groups is 1. The molecule has 1 saturated heterocycles. The summed E-state index contributed by atoms with van der Waals surface area (Å²) in [4.78, 5) is 45.1. The molecular weight excluding hydrogens is 538 g/mol. The SMILES string of the molecule is COC(=O)CNC(=O)c1ccc(C(=Nc2ccc(CN3CCCCC3)cc2)c2c(O)[nH]c3ccc([N+](=O)[O-])cc23)cc1. The summed E-state index contributed by atoms with van der Waals surface area (Å²) in [6.07, 6.45) is 3.70. The van der Waals surface area contributed by atoms with Crippen molar-refractivity contribution >= 4 is 39.9 Å². The number of methoxy groups -OCH3 is 1. The van der Waals surface area contributed by atoms with Crippen molar-refractivity contribution < 1.29 is 24.4 Å². The number of rotatable bonds is 9. The predicted octanol–water partition coefficient (Wildman–Crippen LogP) is 4.84. The third-order valence-corrected chi connectivity index (χ3v) is 7.28. The number of amides is 1. The summed E-state index contributed by atoms with van der Waals surface area (Å²) in [5.74, 6) is -1.22. The van der Waals surface area contributed by atoms with E-state index in [1.165, 1.54) is 44.1 Å². The van der Waals surface area contributed by atoms with Crippen LogP contribution in [0.25, 0.3) is 10.9 Å². The molecule has 5 rings (SSSR count). The van der Waals surface area contributed by atoms with E-state index in [0.717, 1.165) is 19.6 Å². The van der Waals surface area contributed by atoms with Crippen molar-refractivity contribution in [1.29, 1.82) is 0 Å². The number of carbonyl (C=O) groups excluding carboxylic acids is 2. The standard InChI is InChI=1S/C31H31N5O6/c1-42-27(37)18-32-30(38)22-9-7-21(8-10-22)29(28-25-17-24(36(40)41)13-14-26(25)34-31(28)39)33-23-11-5-20(6-12-23)19-35-15-3-2-4-16-35/h5-14,17,34,39H,2-4,15-16,18-19H2,1H3,(H,32,38). The molecule has 0 spiro atoms. The van der Waals surface area contributed by atoms with Crippen LogP contribution < -0.4 is 5.32 Å². The summed E-state index contributed by atoms with van der Waals surface area (Å²) in [6.45, 7) is 2.78. The number of benzene rings is 3. The number of nitro groups is 1. The van der Waals surface area contributed by atoms with Gasteiger partial charge in [-0.15, -0.1) is 0 Å². The second-order valence-electron chi connectivity index (χ2n) is 10.1. The third kappa shape index (κ3) is 6.47. The number of nitrogens with one attached hydrogen (secondary N) is 2. The molecule has 1 aliphatic rings. The lowest BCUT2D eigenvalue weighted by Crippen LogP contribution is -2.30. The Morgan fingerprint density at radius 1 is 1.02 bits per heavy atom. The normalized spacial score (nSPS) is 14.1. The number of esters is 1. The molecule has 0 atom stereocenters. The van der Waals surface area contributed by atoms with Crippen molar-refractivity contribution in [2.45, 2.75) is 25.8 Å². The van der Waals surface area contributed by atoms with Gasteiger partial charge in [0.05, 0.1) is 29.0 Å². The number of ether oxygens (including phenoxy) is 1. The molecule has 0 radical (unpaired) electrons. The van der Waals surface area contributed by atoms with Gasteiger partial charge in [0.15, 0.2) is 5.88 Å². The highest BCUT2D eigenvalue weighted by atomic mass is 16.6. The number of piperidine rings is 1. The Morgan fingerprint density at radius 3 is 2.38 bits per heavy atom. The second kappa shape index (κ2) is 12.6. The lowest BCUT2D eigenvalue weighted by atomic mass is 9.99. The monoisotopic (exact) mass is 569 g/mol. The van der Waals surface area contributed by atoms with Gasteiger partial charge in [0.1, 0.15) is 6.54 Å². The molecule has 1 aliphatic heterocycles. The first-order valence-corrected chi connectivity index (χ1v) is 13.7. The van der Waals surface area contributed by atoms with Crippen LogP contribution in [0, 0.1) is 10.1 Å². The van der Waals surface area contributed by atoms with Gasteiger partial charge < -0.3 is 20.1 Å². The van der Waals surface area contributed by atoms with Gasteiger partial charge >= 0.3 is 5.97 Å². The van der Waals surface area contributed by atoms with Crippen molar-refractivity contribution in [3.8, 4) is 5.88 Å². The van der Waals surface area contributed by atoms with E-state index in [-0.39, 0.29) is 18.1 Å². The first kappa shape index (κ1) is 28.5. The van der Waals surface area contributed by atoms with Crippen LogP contribution in [0.15, 0.2) is 71.7 Å². The minimum atomic E-state index is -0.569. The van der Waals surface area contributed by atoms with Crippen LogP contribution in [0.2, 0.25) is 0 Å². The Bertz CT molecular complexity index is 1640. The van der Waals surface area contributed by atoms with Gasteiger partial charge in [0, 0.05) is 40.7 Å². The summed E-state index contributed by atoms with van der Waals surface area (Å²) in [6, 6.07) is 18.7. The van der Waals surface area contributed by atoms with Gasteiger partial charge in [-0.3, -0.25) is 24.6 Å². The quantitative estimate of drug-likeness (QED) is 0.113. The molecular formula is C31H31N5O6. The minimum absolute atomic E-state index is 0.123. The molecule has 0 bridgehead atoms. The Kier molecular flexibility index (Phi) is 8.58. The number of nitro benzene ring substituents is 1. The number of aromatic nitrogens is 1. The van der Waals surface area contributed by atoms with E-state index in [1.54, 1.807) is 30.3 Å². The summed E-state index contributed by atoms with van der Waals surface area (Å²) in [5.41, 5.74) is 3.73. The maximum Gasteiger partial charge on any atom is 0.325 e. The first-order valence-electron chi connectivity index (χ1n) is 13.7. The molecule has 0 saturated carbocycles. The smallest absolute Gasteiger partial charge is 0.325 e. The number of non-ortho nitro benzene ring substituents is 1. The number of carbonyl (C=O) groups is 2. The zero-order valence-electron chi connectivity index (χ0n) is 23.1. The van der Waals surface area contributed by atoms with E-state index in [2.05, 4.69) is 19.9 Å². The van der Waals surface area contributed by atoms with Gasteiger partial charge in [-0.05, 0) is 61.8 Å². The average molecular weight is 570 g/mol. The lowest BCUT2D eigenvalue weighted by molar-refractivity contribution is -0.384. The van der Waals surface area contributed by atoms with Crippen molar-refractivity contribution in [3.63, 3.8) is 0 Å². The van der Waals surface area contributed by atoms with E-state index in [0.29, 0.717) is 39.0 Å². The highest BCUT2D eigenvalue weighted by Crippen LogP contribution is 2.34. The van der Waals surface area contributed by atoms with Crippen molar-refractivity contribution in [2.75, 3.05) is 26.7 Å². The zero-order valence-corrected chi connectivity index (χ0v) is 23.1. The Hall–Kier alpha value is -5.03. The Balaban J connectivity index is 1.52. The molecule has 0 aliphatic carbocycles. The second-order valence-corrected chi connectivity index (χ2v) is 10.1. The van der Waals surface area contributed by atoms with Crippen LogP contribution >= 0.6 is 0 Å². The highest BCUT2D eigenvalue weighted by molar-refractivity contribution is 6.22. The third-order valence-electron chi connectivity index (χ3n) is 7.28. The molecule has 3 aromatic carbocycles. The number of aliphatic imine (C=N–C) groups is 1. The largest absolute Gasteiger partial charge is 0.494 e. The van der Waals surface area contributed by atoms with Crippen LogP contribution in [0.3, 0.4) is 0 Å². The van der Waals surface area contributed by atoms with Crippen molar-refractivity contribution in [1.82, 2.24) is 15.2 Å². The summed E-state index contributed by atoms with van der Waals surface area (Å²) in [5, 5.41) is 25.4. The van der Waals surface area contributed by atoms with Gasteiger partial charge in [-0.25, -0.2) is 4.99 Å². The molecule has 1 aromatic heterocycles. The summed E-state index contributed by atoms with van der Waals surface area (Å²) in [7, 11) is 1.24. The number of likely N-dealkylation sites (tertiary alicyclic amines) is 1. The number of aromatic amines is 1. The zero-order chi connectivity index (χ0) is 29.6. The fourth-order valence-corrected chi connectivity index (χ4v) is 5.07. The van der Waals surface area contributed by atoms with Crippen molar-refractivity contribution in [2.24, 2.45) is 4.99 Å². The molecule has 0 unspecified atom stereocenters. The van der Waals surface area contributed by atoms with E-state index >= 15 is 0 Å². The van der Waals surface area contributed by atoms with Crippen molar-refractivity contribution in [3.05, 3.63) is 99.1 Å². The Morgan fingerprint density at radius 2 is 1.71 bits per heavy atom. The fourth-order valence-electron chi connectivity index (χ4n) is 5.07. The fraction of sp³-hybridized carbons (Fsp3) is 0.258. The average Bonchev–Trinajstić information content (AvgIpc) is 3.34. The van der Waals surface area contributed by atoms with Gasteiger partial charge in [0.25, 0.3) is 11.6 Å². The first-order chi connectivity index (χ1) is 20.3. The predicted molar refractivity (Wildman–Crippen MR) is 158 cm³/mol. The lowest BCUT2D eigenvalue weighted by Gasteiger charge is -2.26. The molecule has 3 N–H and O–H groups in total. The minimum Gasteiger partial charge on any atom is -0.494 e. The number of nitrogens with zero attached hydrogens (tertiary/aromatic N) is 3. The number of fused-ring (bicyclic) bond motifs is 1. The number of hydrogen-bond donors (Lipinski definition) is 3. The van der Waals surface area contributed by atoms with Crippen LogP contribution in [0.4, 0.5) is 11.4 Å². The van der Waals surface area contributed by atoms with E-state index in [1.807, 2.05) is 24.3 Å². The summed E-state index contributed by atoms with van der Waals surface area (Å²) < 4.78 is 4.56. The molecule has 1 fully saturated rings. The highest BCUT2D eigenvalue weighted by Gasteiger charge is 2.21. The maximum absolute atomic E-state index is 12.5. The van der Waals surface area contributed by atoms with Crippen LogP contribution in [-0.2, 0) is 16.1 Å². The maximum atomic E-state index is 12.5.